The Bertz CT molecular complexity index is 72.0. The number of hydrogen-bond acceptors (Lipinski definition) is 4. The van der Waals surface area contributed by atoms with Gasteiger partial charge in [-0.3, -0.25) is 0 Å². The van der Waals surface area contributed by atoms with Gasteiger partial charge in [0.05, 0.1) is 0 Å². The minimum atomic E-state index is -1.61. The van der Waals surface area contributed by atoms with E-state index in [2.05, 4.69) is 17.3 Å². The molecule has 0 aliphatic heterocycles. The average Bonchev–Trinajstić information content (AvgIpc) is 1.25. The molecule has 6 heteroatoms. The third kappa shape index (κ3) is 86.8. The number of rotatable bonds is 0. The number of carboxylic acid groups (broad SMARTS) is 2. The molecule has 0 fully saturated rings. The smallest absolute Gasteiger partial charge is 0.134 e. The summed E-state index contributed by atoms with van der Waals surface area (Å²) in [6.07, 6.45) is -1.58. The van der Waals surface area contributed by atoms with E-state index in [-0.39, 0.29) is 0 Å². The van der Waals surface area contributed by atoms with Crippen molar-refractivity contribution in [3.8, 4) is 0 Å². The SMILES string of the molecule is NC(=O)[O-].O=C([O-])Cl. The summed E-state index contributed by atoms with van der Waals surface area (Å²) in [5.74, 6) is 0. The first-order valence-corrected chi connectivity index (χ1v) is 1.67. The summed E-state index contributed by atoms with van der Waals surface area (Å²) in [5.41, 5.74) is 2.31. The summed E-state index contributed by atoms with van der Waals surface area (Å²) in [6.45, 7) is 0. The molecular weight excluding hydrogens is 137 g/mol. The first-order valence-electron chi connectivity index (χ1n) is 1.29. The number of primary amides is 1. The number of nitrogens with two attached hydrogens (primary N) is 1. The van der Waals surface area contributed by atoms with Crippen molar-refractivity contribution in [2.75, 3.05) is 0 Å². The Morgan fingerprint density at radius 2 is 1.38 bits per heavy atom. The lowest BCUT2D eigenvalue weighted by Gasteiger charge is -1.78. The van der Waals surface area contributed by atoms with E-state index < -0.39 is 11.5 Å². The maximum Gasteiger partial charge on any atom is 0.134 e. The zero-order valence-electron chi connectivity index (χ0n) is 3.59. The maximum absolute atomic E-state index is 8.67. The number of amides is 1. The van der Waals surface area contributed by atoms with Crippen LogP contribution in [0.25, 0.3) is 0 Å². The lowest BCUT2D eigenvalue weighted by molar-refractivity contribution is -0.245. The minimum Gasteiger partial charge on any atom is -0.534 e. The lowest BCUT2D eigenvalue weighted by atomic mass is 11.3. The maximum atomic E-state index is 8.67. The second-order valence-electron chi connectivity index (χ2n) is 0.557. The molecule has 0 atom stereocenters. The van der Waals surface area contributed by atoms with Crippen molar-refractivity contribution in [2.24, 2.45) is 5.73 Å². The van der Waals surface area contributed by atoms with Crippen molar-refractivity contribution in [2.45, 2.75) is 0 Å². The molecule has 8 heavy (non-hydrogen) atoms. The summed E-state index contributed by atoms with van der Waals surface area (Å²) in [5, 5.41) is 17.3. The fourth-order valence-corrected chi connectivity index (χ4v) is 0. The van der Waals surface area contributed by atoms with Crippen LogP contribution in [0.3, 0.4) is 0 Å². The van der Waals surface area contributed by atoms with Crippen molar-refractivity contribution in [3.05, 3.63) is 0 Å². The molecule has 0 aliphatic carbocycles. The number of hydrogen-bond donors (Lipinski definition) is 1. The zero-order chi connectivity index (χ0) is 7.15. The van der Waals surface area contributed by atoms with Crippen molar-refractivity contribution >= 4 is 23.1 Å². The number of halogens is 1. The Balaban J connectivity index is 0. The van der Waals surface area contributed by atoms with Crippen LogP contribution in [0.5, 0.6) is 0 Å². The quantitative estimate of drug-likeness (QED) is 0.386. The molecule has 0 aliphatic rings. The molecule has 0 spiro atoms. The first-order chi connectivity index (χ1) is 3.46. The van der Waals surface area contributed by atoms with Gasteiger partial charge in [-0.25, -0.2) is 0 Å². The Hall–Kier alpha value is -0.970. The number of carbonyl (C=O) groups excluding carboxylic acids is 2. The highest BCUT2D eigenvalue weighted by Gasteiger charge is 1.51. The molecule has 0 saturated heterocycles. The van der Waals surface area contributed by atoms with Crippen LogP contribution in [0.2, 0.25) is 0 Å². The highest BCUT2D eigenvalue weighted by molar-refractivity contribution is 6.59. The van der Waals surface area contributed by atoms with Crippen molar-refractivity contribution in [1.82, 2.24) is 0 Å². The van der Waals surface area contributed by atoms with E-state index in [1.54, 1.807) is 0 Å². The van der Waals surface area contributed by atoms with E-state index >= 15 is 0 Å². The topological polar surface area (TPSA) is 106 Å². The van der Waals surface area contributed by atoms with Crippen LogP contribution in [0.4, 0.5) is 9.59 Å². The van der Waals surface area contributed by atoms with Gasteiger partial charge in [0.2, 0.25) is 0 Å². The molecule has 0 rings (SSSR count). The van der Waals surface area contributed by atoms with Crippen LogP contribution in [0, 0.1) is 0 Å². The summed E-state index contributed by atoms with van der Waals surface area (Å²) in [6, 6.07) is 0. The largest absolute Gasteiger partial charge is 0.534 e. The molecule has 1 amide bonds. The van der Waals surface area contributed by atoms with Crippen LogP contribution >= 0.6 is 11.6 Å². The summed E-state index contributed by atoms with van der Waals surface area (Å²) in [7, 11) is 0. The highest BCUT2D eigenvalue weighted by atomic mass is 35.5. The van der Waals surface area contributed by atoms with Gasteiger partial charge in [0, 0.05) is 0 Å². The molecule has 2 N–H and O–H groups in total. The van der Waals surface area contributed by atoms with Gasteiger partial charge in [-0.15, -0.1) is 0 Å². The van der Waals surface area contributed by atoms with E-state index in [0.29, 0.717) is 0 Å². The average molecular weight is 139 g/mol. The Kier molecular flexibility index (Phi) is 7.62. The summed E-state index contributed by atoms with van der Waals surface area (Å²) >= 11 is 4.08. The van der Waals surface area contributed by atoms with Crippen molar-refractivity contribution in [3.63, 3.8) is 0 Å². The van der Waals surface area contributed by atoms with Gasteiger partial charge in [-0.2, -0.15) is 0 Å². The van der Waals surface area contributed by atoms with Gasteiger partial charge >= 0.3 is 0 Å². The summed E-state index contributed by atoms with van der Waals surface area (Å²) < 4.78 is 0. The van der Waals surface area contributed by atoms with E-state index in [1.165, 1.54) is 0 Å². The van der Waals surface area contributed by atoms with Crippen molar-refractivity contribution in [1.29, 1.82) is 0 Å². The monoisotopic (exact) mass is 139 g/mol. The normalized spacial score (nSPS) is 6.12. The molecule has 0 aromatic rings. The predicted molar refractivity (Wildman–Crippen MR) is 20.8 cm³/mol. The van der Waals surface area contributed by atoms with Gasteiger partial charge in [0.1, 0.15) is 11.5 Å². The predicted octanol–water partition coefficient (Wildman–Crippen LogP) is -2.14. The van der Waals surface area contributed by atoms with Gasteiger partial charge < -0.3 is 25.5 Å². The third-order valence-electron chi connectivity index (χ3n) is 0. The molecule has 0 aromatic heterocycles. The van der Waals surface area contributed by atoms with Gasteiger partial charge in [-0.1, -0.05) is 11.6 Å². The molecule has 0 saturated carbocycles. The third-order valence-corrected chi connectivity index (χ3v) is 0. The molecule has 0 radical (unpaired) electrons. The Morgan fingerprint density at radius 1 is 1.38 bits per heavy atom. The molecule has 0 aromatic carbocycles. The molecule has 5 nitrogen and oxygen atoms in total. The molecular formula is C2H2ClNO4-2. The van der Waals surface area contributed by atoms with Gasteiger partial charge in [-0.05, 0) is 0 Å². The van der Waals surface area contributed by atoms with Crippen molar-refractivity contribution < 1.29 is 19.8 Å². The second kappa shape index (κ2) is 6.03. The molecule has 48 valence electrons. The standard InChI is InChI=1S/CHClO2.CH3NO2/c2*2-1(3)4/h(H,3,4);2H2,(H,3,4)/p-2. The van der Waals surface area contributed by atoms with Gasteiger partial charge in [0.25, 0.3) is 0 Å². The summed E-state index contributed by atoms with van der Waals surface area (Å²) in [4.78, 5) is 17.3. The first kappa shape index (κ1) is 10.1. The molecule has 0 unspecified atom stereocenters. The van der Waals surface area contributed by atoms with Gasteiger partial charge in [0.15, 0.2) is 0 Å². The zero-order valence-corrected chi connectivity index (χ0v) is 4.34. The van der Waals surface area contributed by atoms with Crippen LogP contribution in [0.15, 0.2) is 0 Å². The van der Waals surface area contributed by atoms with Crippen LogP contribution in [-0.2, 0) is 0 Å². The fourth-order valence-electron chi connectivity index (χ4n) is 0. The fraction of sp³-hybridized carbons (Fsp3) is 0. The van der Waals surface area contributed by atoms with E-state index in [9.17, 15) is 0 Å². The van der Waals surface area contributed by atoms with E-state index in [1.807, 2.05) is 0 Å². The number of carbonyl (C=O) groups is 2. The minimum absolute atomic E-state index is 1.58. The van der Waals surface area contributed by atoms with E-state index in [0.717, 1.165) is 0 Å². The second-order valence-corrected chi connectivity index (χ2v) is 0.865. The van der Waals surface area contributed by atoms with E-state index in [4.69, 9.17) is 19.8 Å². The molecule has 0 bridgehead atoms. The lowest BCUT2D eigenvalue weighted by Crippen LogP contribution is -2.29. The Morgan fingerprint density at radius 3 is 1.38 bits per heavy atom. The van der Waals surface area contributed by atoms with Crippen LogP contribution < -0.4 is 15.9 Å². The molecule has 0 heterocycles. The van der Waals surface area contributed by atoms with Crippen LogP contribution in [0.1, 0.15) is 0 Å². The Labute approximate surface area is 49.7 Å². The van der Waals surface area contributed by atoms with Crippen LogP contribution in [-0.4, -0.2) is 11.5 Å². The highest BCUT2D eigenvalue weighted by Crippen LogP contribution is 1.60.